The Morgan fingerprint density at radius 3 is 1.22 bits per heavy atom. The van der Waals surface area contributed by atoms with Gasteiger partial charge in [-0.05, 0) is 208 Å². The molecule has 100 heavy (non-hydrogen) atoms. The second-order valence-electron chi connectivity index (χ2n) is 27.3. The van der Waals surface area contributed by atoms with E-state index >= 15 is 0 Å². The number of nitrogens with zero attached hydrogens (tertiary/aromatic N) is 6. The van der Waals surface area contributed by atoms with E-state index < -0.39 is 0 Å². The van der Waals surface area contributed by atoms with Gasteiger partial charge in [-0.2, -0.15) is 17.5 Å². The molecule has 0 fully saturated rings. The summed E-state index contributed by atoms with van der Waals surface area (Å²) in [6.07, 6.45) is 25.7. The minimum Gasteiger partial charge on any atom is -0.537 e. The Morgan fingerprint density at radius 1 is 0.360 bits per heavy atom. The van der Waals surface area contributed by atoms with E-state index in [9.17, 15) is 5.02 Å². The fourth-order valence-corrected chi connectivity index (χ4v) is 19.3. The van der Waals surface area contributed by atoms with Crippen LogP contribution in [0.15, 0.2) is 208 Å². The van der Waals surface area contributed by atoms with Crippen molar-refractivity contribution >= 4 is 145 Å². The quantitative estimate of drug-likeness (QED) is 0.0453. The molecule has 8 nitrogen and oxygen atoms in total. The Bertz CT molecular complexity index is 5170. The maximum Gasteiger partial charge on any atom is 0.569 e. The highest BCUT2D eigenvalue weighted by Crippen LogP contribution is 2.57. The predicted molar refractivity (Wildman–Crippen MR) is 435 cm³/mol. The van der Waals surface area contributed by atoms with E-state index in [0.717, 1.165) is 65.2 Å². The van der Waals surface area contributed by atoms with Crippen molar-refractivity contribution in [2.45, 2.75) is 167 Å². The van der Waals surface area contributed by atoms with Crippen LogP contribution in [0.4, 0.5) is 0 Å². The van der Waals surface area contributed by atoms with Gasteiger partial charge in [0.25, 0.3) is 0 Å². The van der Waals surface area contributed by atoms with E-state index in [2.05, 4.69) is 272 Å². The Labute approximate surface area is 623 Å². The standard InChI is InChI=1S/C43H42BrN3S.C37H41BNO2.C6H2Br2N2S/c1-3-5-7-13-25-43(26-14-8-6-4-2)36-17-11-9-15-32(36)34-28-30(20-22-37(34)43)47-39-18-12-10-16-33(39)35-27-29(19-24-40(35)47)31-21-23-38(44)42-41(31)45-48-46-42;1-3-5-7-13-23-37(24-14-8-6-4-2)33-17-11-9-15-29(33)31-25-27(19-21-34(31)37)39-35-18-12-10-16-30(35)32-26-28(41-38-40)20-22-36(32)39;7-3-1-2-4(8)6-5(3)9-11-10-6/h9-12,15-24,27-28H,3-8,13-14,25-26H2,1-2H3;9-12,15-22,25-26,40H,3-8,13-14,23-24H2,1-2H3;1-2H. The van der Waals surface area contributed by atoms with Gasteiger partial charge in [-0.3, -0.25) is 0 Å². The lowest BCUT2D eigenvalue weighted by Gasteiger charge is -2.33. The number of fused-ring (bicyclic) bond motifs is 14. The van der Waals surface area contributed by atoms with Gasteiger partial charge in [0.2, 0.25) is 0 Å². The fraction of sp³-hybridized carbons (Fsp3) is 0.302. The van der Waals surface area contributed by atoms with E-state index in [0.29, 0.717) is 5.75 Å². The third-order valence-electron chi connectivity index (χ3n) is 21.3. The first-order chi connectivity index (χ1) is 49.1. The number of aromatic nitrogens is 6. The van der Waals surface area contributed by atoms with Crippen LogP contribution in [0.3, 0.4) is 0 Å². The second kappa shape index (κ2) is 31.5. The molecule has 10 aromatic carbocycles. The first-order valence-electron chi connectivity index (χ1n) is 36.3. The van der Waals surface area contributed by atoms with Gasteiger partial charge in [0.15, 0.2) is 0 Å². The lowest BCUT2D eigenvalue weighted by molar-refractivity contribution is 0.401. The zero-order valence-corrected chi connectivity index (χ0v) is 64.1. The van der Waals surface area contributed by atoms with Crippen molar-refractivity contribution < 1.29 is 9.68 Å². The van der Waals surface area contributed by atoms with E-state index in [1.54, 1.807) is 11.1 Å². The zero-order valence-electron chi connectivity index (χ0n) is 57.7. The lowest BCUT2D eigenvalue weighted by Crippen LogP contribution is -2.25. The largest absolute Gasteiger partial charge is 0.569 e. The Kier molecular flexibility index (Phi) is 22.0. The summed E-state index contributed by atoms with van der Waals surface area (Å²) in [5.41, 5.74) is 25.1. The van der Waals surface area contributed by atoms with Crippen LogP contribution in [0.1, 0.15) is 178 Å². The molecular weight excluding hydrogens is 1460 g/mol. The smallest absolute Gasteiger partial charge is 0.537 e. The highest BCUT2D eigenvalue weighted by Gasteiger charge is 2.44. The lowest BCUT2D eigenvalue weighted by atomic mass is 9.70. The van der Waals surface area contributed by atoms with Gasteiger partial charge in [-0.15, -0.1) is 0 Å². The average Bonchev–Trinajstić information content (AvgIpc) is 1.56. The molecule has 1 radical (unpaired) electrons. The van der Waals surface area contributed by atoms with Crippen LogP contribution >= 0.6 is 71.2 Å². The first kappa shape index (κ1) is 69.8. The fourth-order valence-electron chi connectivity index (χ4n) is 16.6. The third kappa shape index (κ3) is 13.4. The van der Waals surface area contributed by atoms with Crippen LogP contribution < -0.4 is 4.65 Å². The number of hydrogen-bond donors (Lipinski definition) is 1. The summed E-state index contributed by atoms with van der Waals surface area (Å²) in [4.78, 5) is 0. The van der Waals surface area contributed by atoms with Crippen LogP contribution in [-0.2, 0) is 10.8 Å². The van der Waals surface area contributed by atoms with Crippen LogP contribution in [0.25, 0.3) is 110 Å². The molecule has 14 aromatic rings. The number of unbranched alkanes of at least 4 members (excludes halogenated alkanes) is 12. The molecule has 14 heteroatoms. The summed E-state index contributed by atoms with van der Waals surface area (Å²) in [6.45, 7) is 9.23. The molecule has 16 rings (SSSR count). The van der Waals surface area contributed by atoms with Crippen LogP contribution in [0, 0.1) is 0 Å². The molecule has 2 aliphatic carbocycles. The SMILES string of the molecule is Brc1ccc(Br)c2nsnc12.CCCCCCC1(CCCCCC)c2ccccc2-c2cc(-n3c4ccccc4c4cc(-c5ccc(Br)c6nsnc56)ccc43)ccc21.CCCCCCC1(CCCCCC)c2ccccc2-c2cc(-n3c4ccccc4c4cc(O[B]O)ccc43)ccc21. The Balaban J connectivity index is 0.000000149. The van der Waals surface area contributed by atoms with Crippen molar-refractivity contribution in [2.24, 2.45) is 0 Å². The summed E-state index contributed by atoms with van der Waals surface area (Å²) in [5.74, 6) is 0.627. The molecular formula is C86H85BBr3N6O2S2. The van der Waals surface area contributed by atoms with Crippen molar-refractivity contribution in [3.63, 3.8) is 0 Å². The molecule has 0 saturated carbocycles. The molecule has 0 saturated heterocycles. The first-order valence-corrected chi connectivity index (χ1v) is 40.1. The molecule has 1 N–H and O–H groups in total. The summed E-state index contributed by atoms with van der Waals surface area (Å²) >= 11 is 12.9. The van der Waals surface area contributed by atoms with E-state index in [1.807, 2.05) is 24.3 Å². The monoisotopic (exact) mass is 1550 g/mol. The molecule has 0 unspecified atom stereocenters. The molecule has 4 heterocycles. The average molecular weight is 1550 g/mol. The van der Waals surface area contributed by atoms with E-state index in [1.165, 1.54) is 229 Å². The minimum atomic E-state index is 0.0970. The highest BCUT2D eigenvalue weighted by molar-refractivity contribution is 9.11. The number of halogens is 3. The molecule has 0 spiro atoms. The normalized spacial score (nSPS) is 13.2. The van der Waals surface area contributed by atoms with Gasteiger partial charge in [0.1, 0.15) is 27.8 Å². The summed E-state index contributed by atoms with van der Waals surface area (Å²) in [5, 5.41) is 14.0. The van der Waals surface area contributed by atoms with E-state index in [-0.39, 0.29) is 10.8 Å². The van der Waals surface area contributed by atoms with Crippen molar-refractivity contribution in [3.8, 4) is 50.5 Å². The molecule has 4 aromatic heterocycles. The number of benzene rings is 10. The van der Waals surface area contributed by atoms with Gasteiger partial charge in [0.05, 0.1) is 45.5 Å². The second-order valence-corrected chi connectivity index (χ2v) is 31.0. The van der Waals surface area contributed by atoms with Gasteiger partial charge >= 0.3 is 7.69 Å². The number of rotatable bonds is 25. The summed E-state index contributed by atoms with van der Waals surface area (Å²) in [6, 6.07) is 71.6. The van der Waals surface area contributed by atoms with Crippen LogP contribution in [0.2, 0.25) is 0 Å². The maximum absolute atomic E-state index is 9.21. The topological polar surface area (TPSA) is 90.9 Å². The zero-order chi connectivity index (χ0) is 68.7. The third-order valence-corrected chi connectivity index (χ3v) is 24.3. The van der Waals surface area contributed by atoms with Crippen molar-refractivity contribution in [1.82, 2.24) is 26.6 Å². The molecule has 0 atom stereocenters. The molecule has 0 bridgehead atoms. The van der Waals surface area contributed by atoms with E-state index in [4.69, 9.17) is 4.65 Å². The minimum absolute atomic E-state index is 0.0970. The van der Waals surface area contributed by atoms with Crippen LogP contribution in [0.5, 0.6) is 5.75 Å². The molecule has 0 aliphatic heterocycles. The van der Waals surface area contributed by atoms with Gasteiger partial charge in [-0.25, -0.2) is 0 Å². The highest BCUT2D eigenvalue weighted by atomic mass is 79.9. The Hall–Kier alpha value is -7.30. The summed E-state index contributed by atoms with van der Waals surface area (Å²) < 4.78 is 30.6. The van der Waals surface area contributed by atoms with Crippen LogP contribution in [-0.4, -0.2) is 39.3 Å². The number of hydrogen-bond acceptors (Lipinski definition) is 8. The summed E-state index contributed by atoms with van der Waals surface area (Å²) in [7, 11) is 0.745. The Morgan fingerprint density at radius 2 is 0.750 bits per heavy atom. The number of para-hydroxylation sites is 2. The predicted octanol–water partition coefficient (Wildman–Crippen LogP) is 26.5. The van der Waals surface area contributed by atoms with Gasteiger partial charge < -0.3 is 18.8 Å². The maximum atomic E-state index is 9.21. The van der Waals surface area contributed by atoms with Crippen molar-refractivity contribution in [3.05, 3.63) is 230 Å². The van der Waals surface area contributed by atoms with Gasteiger partial charge in [-0.1, -0.05) is 240 Å². The van der Waals surface area contributed by atoms with Gasteiger partial charge in [0, 0.05) is 62.7 Å². The molecule has 2 aliphatic rings. The van der Waals surface area contributed by atoms with Crippen molar-refractivity contribution in [2.75, 3.05) is 0 Å². The molecule has 507 valence electrons. The van der Waals surface area contributed by atoms with Crippen molar-refractivity contribution in [1.29, 1.82) is 0 Å². The molecule has 0 amide bonds.